The number of benzene rings is 2. The Labute approximate surface area is 132 Å². The minimum absolute atomic E-state index is 0.0471. The zero-order valence-corrected chi connectivity index (χ0v) is 12.8. The first-order valence-electron chi connectivity index (χ1n) is 5.61. The fourth-order valence-corrected chi connectivity index (χ4v) is 3.43. The summed E-state index contributed by atoms with van der Waals surface area (Å²) in [5.41, 5.74) is 6.36. The highest BCUT2D eigenvalue weighted by molar-refractivity contribution is 7.92. The molecule has 2 aromatic carbocycles. The third kappa shape index (κ3) is 3.39. The molecule has 2 rings (SSSR count). The van der Waals surface area contributed by atoms with Gasteiger partial charge in [0.15, 0.2) is 0 Å². The van der Waals surface area contributed by atoms with E-state index < -0.39 is 10.0 Å². The number of sulfonamides is 1. The Morgan fingerprint density at radius 3 is 2.43 bits per heavy atom. The normalized spacial score (nSPS) is 10.9. The van der Waals surface area contributed by atoms with Crippen molar-refractivity contribution in [2.24, 2.45) is 0 Å². The third-order valence-corrected chi connectivity index (χ3v) is 4.69. The van der Waals surface area contributed by atoms with E-state index in [2.05, 4.69) is 4.72 Å². The topological polar surface area (TPSA) is 96.0 Å². The van der Waals surface area contributed by atoms with Crippen molar-refractivity contribution >= 4 is 44.6 Å². The van der Waals surface area contributed by atoms with Gasteiger partial charge in [0, 0.05) is 5.02 Å². The van der Waals surface area contributed by atoms with Gasteiger partial charge in [-0.1, -0.05) is 23.2 Å². The van der Waals surface area contributed by atoms with Crippen LogP contribution >= 0.6 is 23.2 Å². The molecule has 0 atom stereocenters. The predicted octanol–water partition coefficient (Wildman–Crippen LogP) is 3.25. The molecule has 0 amide bonds. The molecule has 3 N–H and O–H groups in total. The smallest absolute Gasteiger partial charge is 0.263 e. The maximum atomic E-state index is 12.3. The van der Waals surface area contributed by atoms with Crippen LogP contribution in [0.4, 0.5) is 11.4 Å². The van der Waals surface area contributed by atoms with E-state index >= 15 is 0 Å². The molecule has 0 radical (unpaired) electrons. The summed E-state index contributed by atoms with van der Waals surface area (Å²) in [6.45, 7) is 0. The van der Waals surface area contributed by atoms with Crippen LogP contribution < -0.4 is 10.5 Å². The van der Waals surface area contributed by atoms with Crippen LogP contribution in [0.15, 0.2) is 41.3 Å². The lowest BCUT2D eigenvalue weighted by Gasteiger charge is -2.11. The molecule has 108 valence electrons. The van der Waals surface area contributed by atoms with Gasteiger partial charge in [0.25, 0.3) is 10.0 Å². The van der Waals surface area contributed by atoms with Crippen molar-refractivity contribution in [1.29, 1.82) is 5.26 Å². The number of nitrogens with zero attached hydrogens (tertiary/aromatic N) is 1. The SMILES string of the molecule is N#Cc1ccc(S(=O)(=O)Nc2ccc(Cl)cc2N)c(Cl)c1. The molecule has 0 spiro atoms. The van der Waals surface area contributed by atoms with Crippen LogP contribution in [0, 0.1) is 11.3 Å². The highest BCUT2D eigenvalue weighted by atomic mass is 35.5. The van der Waals surface area contributed by atoms with Crippen LogP contribution in [-0.2, 0) is 10.0 Å². The molecular formula is C13H9Cl2N3O2S. The fraction of sp³-hybridized carbons (Fsp3) is 0. The number of anilines is 2. The van der Waals surface area contributed by atoms with Crippen molar-refractivity contribution in [3.63, 3.8) is 0 Å². The number of nitrogen functional groups attached to an aromatic ring is 1. The van der Waals surface area contributed by atoms with Crippen molar-refractivity contribution < 1.29 is 8.42 Å². The maximum Gasteiger partial charge on any atom is 0.263 e. The molecule has 0 heterocycles. The second kappa shape index (κ2) is 5.82. The van der Waals surface area contributed by atoms with E-state index in [0.717, 1.165) is 0 Å². The summed E-state index contributed by atoms with van der Waals surface area (Å²) in [4.78, 5) is -0.141. The first-order chi connectivity index (χ1) is 9.83. The van der Waals surface area contributed by atoms with Gasteiger partial charge in [0.05, 0.1) is 28.0 Å². The van der Waals surface area contributed by atoms with Crippen molar-refractivity contribution in [1.82, 2.24) is 0 Å². The molecule has 0 fully saturated rings. The van der Waals surface area contributed by atoms with Gasteiger partial charge in [-0.15, -0.1) is 0 Å². The van der Waals surface area contributed by atoms with Crippen molar-refractivity contribution in [2.45, 2.75) is 4.90 Å². The summed E-state index contributed by atoms with van der Waals surface area (Å²) in [5, 5.41) is 9.10. The van der Waals surface area contributed by atoms with E-state index in [1.807, 2.05) is 6.07 Å². The summed E-state index contributed by atoms with van der Waals surface area (Å²) in [5.74, 6) is 0. The molecule has 0 bridgehead atoms. The minimum Gasteiger partial charge on any atom is -0.397 e. The van der Waals surface area contributed by atoms with E-state index in [0.29, 0.717) is 5.02 Å². The Bertz CT molecular complexity index is 845. The molecule has 2 aromatic rings. The number of hydrogen-bond donors (Lipinski definition) is 2. The summed E-state index contributed by atoms with van der Waals surface area (Å²) < 4.78 is 26.9. The largest absolute Gasteiger partial charge is 0.397 e. The van der Waals surface area contributed by atoms with Crippen LogP contribution in [-0.4, -0.2) is 8.42 Å². The summed E-state index contributed by atoms with van der Waals surface area (Å²) in [6, 6.07) is 10.2. The van der Waals surface area contributed by atoms with Gasteiger partial charge in [-0.25, -0.2) is 8.42 Å². The first kappa shape index (κ1) is 15.4. The molecule has 0 aliphatic carbocycles. The molecule has 0 saturated heterocycles. The van der Waals surface area contributed by atoms with Gasteiger partial charge >= 0.3 is 0 Å². The lowest BCUT2D eigenvalue weighted by atomic mass is 10.2. The Morgan fingerprint density at radius 1 is 1.14 bits per heavy atom. The average Bonchev–Trinajstić information content (AvgIpc) is 2.41. The minimum atomic E-state index is -3.92. The molecule has 5 nitrogen and oxygen atoms in total. The molecule has 0 unspecified atom stereocenters. The summed E-state index contributed by atoms with van der Waals surface area (Å²) >= 11 is 11.7. The third-order valence-electron chi connectivity index (χ3n) is 2.61. The number of nitriles is 1. The number of nitrogens with two attached hydrogens (primary N) is 1. The molecule has 0 aromatic heterocycles. The van der Waals surface area contributed by atoms with Crippen LogP contribution in [0.5, 0.6) is 0 Å². The number of halogens is 2. The highest BCUT2D eigenvalue weighted by Crippen LogP contribution is 2.28. The average molecular weight is 342 g/mol. The van der Waals surface area contributed by atoms with Crippen molar-refractivity contribution in [3.05, 3.63) is 52.0 Å². The van der Waals surface area contributed by atoms with E-state index in [9.17, 15) is 8.42 Å². The Kier molecular flexibility index (Phi) is 4.28. The molecule has 0 saturated carbocycles. The van der Waals surface area contributed by atoms with Gasteiger partial charge in [-0.3, -0.25) is 4.72 Å². The summed E-state index contributed by atoms with van der Waals surface area (Å²) in [6.07, 6.45) is 0. The standard InChI is InChI=1S/C13H9Cl2N3O2S/c14-9-2-3-12(11(17)6-9)18-21(19,20)13-4-1-8(7-16)5-10(13)15/h1-6,18H,17H2. The second-order valence-corrected chi connectivity index (χ2v) is 6.59. The lowest BCUT2D eigenvalue weighted by molar-refractivity contribution is 0.601. The molecular weight excluding hydrogens is 333 g/mol. The summed E-state index contributed by atoms with van der Waals surface area (Å²) in [7, 11) is -3.92. The Morgan fingerprint density at radius 2 is 1.86 bits per heavy atom. The van der Waals surface area contributed by atoms with Gasteiger partial charge in [0.2, 0.25) is 0 Å². The second-order valence-electron chi connectivity index (χ2n) is 4.09. The number of hydrogen-bond acceptors (Lipinski definition) is 4. The zero-order valence-electron chi connectivity index (χ0n) is 10.5. The van der Waals surface area contributed by atoms with E-state index in [-0.39, 0.29) is 26.9 Å². The Hall–Kier alpha value is -1.94. The van der Waals surface area contributed by atoms with E-state index in [1.165, 1.54) is 36.4 Å². The van der Waals surface area contributed by atoms with Gasteiger partial charge in [0.1, 0.15) is 4.90 Å². The van der Waals surface area contributed by atoms with Crippen molar-refractivity contribution in [3.8, 4) is 6.07 Å². The fourth-order valence-electron chi connectivity index (χ4n) is 1.61. The van der Waals surface area contributed by atoms with Gasteiger partial charge in [-0.2, -0.15) is 5.26 Å². The highest BCUT2D eigenvalue weighted by Gasteiger charge is 2.19. The van der Waals surface area contributed by atoms with Crippen molar-refractivity contribution in [2.75, 3.05) is 10.5 Å². The lowest BCUT2D eigenvalue weighted by Crippen LogP contribution is -2.14. The quantitative estimate of drug-likeness (QED) is 0.837. The molecule has 8 heteroatoms. The first-order valence-corrected chi connectivity index (χ1v) is 7.85. The van der Waals surface area contributed by atoms with E-state index in [1.54, 1.807) is 0 Å². The number of rotatable bonds is 3. The Balaban J connectivity index is 2.41. The van der Waals surface area contributed by atoms with E-state index in [4.69, 9.17) is 34.2 Å². The van der Waals surface area contributed by atoms with Gasteiger partial charge in [-0.05, 0) is 36.4 Å². The van der Waals surface area contributed by atoms with Crippen LogP contribution in [0.3, 0.4) is 0 Å². The van der Waals surface area contributed by atoms with Crippen LogP contribution in [0.1, 0.15) is 5.56 Å². The number of nitrogens with one attached hydrogen (secondary N) is 1. The molecule has 21 heavy (non-hydrogen) atoms. The monoisotopic (exact) mass is 341 g/mol. The molecule has 0 aliphatic rings. The predicted molar refractivity (Wildman–Crippen MR) is 82.8 cm³/mol. The van der Waals surface area contributed by atoms with Crippen LogP contribution in [0.25, 0.3) is 0 Å². The molecule has 0 aliphatic heterocycles. The van der Waals surface area contributed by atoms with Crippen LogP contribution in [0.2, 0.25) is 10.0 Å². The zero-order chi connectivity index (χ0) is 15.6. The van der Waals surface area contributed by atoms with Gasteiger partial charge < -0.3 is 5.73 Å². The maximum absolute atomic E-state index is 12.3.